The van der Waals surface area contributed by atoms with Gasteiger partial charge < -0.3 is 0 Å². The van der Waals surface area contributed by atoms with E-state index in [4.69, 9.17) is 0 Å². The predicted octanol–water partition coefficient (Wildman–Crippen LogP) is 9.27. The summed E-state index contributed by atoms with van der Waals surface area (Å²) in [7, 11) is 0. The average molecular weight is 421 g/mol. The van der Waals surface area contributed by atoms with Gasteiger partial charge in [-0.05, 0) is 47.5 Å². The maximum absolute atomic E-state index is 14.5. The summed E-state index contributed by atoms with van der Waals surface area (Å²) in [5, 5.41) is 0. The molecular weight excluding hydrogens is 388 g/mol. The van der Waals surface area contributed by atoms with E-state index in [0.29, 0.717) is 12.3 Å². The van der Waals surface area contributed by atoms with Crippen molar-refractivity contribution in [3.05, 3.63) is 108 Å². The van der Waals surface area contributed by atoms with Gasteiger partial charge in [0.15, 0.2) is 23.3 Å². The van der Waals surface area contributed by atoms with E-state index in [0.717, 1.165) is 6.42 Å². The largest absolute Gasteiger partial charge is 0.203 e. The summed E-state index contributed by atoms with van der Waals surface area (Å²) >= 11 is 0. The van der Waals surface area contributed by atoms with Gasteiger partial charge >= 0.3 is 0 Å². The molecule has 0 aliphatic heterocycles. The molecular formula is C26H32F4. The second kappa shape index (κ2) is 12.2. The number of hydrogen-bond donors (Lipinski definition) is 0. The first kappa shape index (κ1) is 27.4. The van der Waals surface area contributed by atoms with E-state index in [9.17, 15) is 17.6 Å². The van der Waals surface area contributed by atoms with Gasteiger partial charge in [-0.15, -0.1) is 0 Å². The second-order valence-corrected chi connectivity index (χ2v) is 7.77. The zero-order valence-corrected chi connectivity index (χ0v) is 18.5. The highest BCUT2D eigenvalue weighted by Gasteiger charge is 2.19. The van der Waals surface area contributed by atoms with Gasteiger partial charge in [-0.2, -0.15) is 0 Å². The van der Waals surface area contributed by atoms with Crippen molar-refractivity contribution >= 4 is 0 Å². The molecule has 0 aromatic rings. The van der Waals surface area contributed by atoms with E-state index in [1.54, 1.807) is 6.92 Å². The van der Waals surface area contributed by atoms with Crippen LogP contribution in [0.15, 0.2) is 108 Å². The standard InChI is InChI=1S/C26H32F4/c1-15(2)11-12-17(5)21(9)25(29)26(30)22(10)19(7)14-13-18(6)20(8)24(28)23(27)16(3)4/h13-15,17H,3,6-12H2,1-2,4-5H3/b14-13-,24-23-,26-25-. The monoisotopic (exact) mass is 420 g/mol. The smallest absolute Gasteiger partial charge is 0.166 e. The van der Waals surface area contributed by atoms with Crippen molar-refractivity contribution in [3.63, 3.8) is 0 Å². The minimum Gasteiger partial charge on any atom is -0.203 e. The molecule has 0 aliphatic carbocycles. The zero-order chi connectivity index (χ0) is 23.8. The molecule has 0 N–H and O–H groups in total. The molecule has 0 aromatic heterocycles. The van der Waals surface area contributed by atoms with Crippen molar-refractivity contribution in [3.8, 4) is 0 Å². The lowest BCUT2D eigenvalue weighted by atomic mass is 9.92. The molecule has 30 heavy (non-hydrogen) atoms. The predicted molar refractivity (Wildman–Crippen MR) is 121 cm³/mol. The van der Waals surface area contributed by atoms with Gasteiger partial charge in [-0.1, -0.05) is 78.8 Å². The number of allylic oxidation sites excluding steroid dienone is 12. The Balaban J connectivity index is 5.34. The summed E-state index contributed by atoms with van der Waals surface area (Å²) in [5.41, 5.74) is -0.512. The maximum Gasteiger partial charge on any atom is 0.166 e. The van der Waals surface area contributed by atoms with Crippen LogP contribution in [0.1, 0.15) is 40.5 Å². The van der Waals surface area contributed by atoms with Gasteiger partial charge in [0.25, 0.3) is 0 Å². The summed E-state index contributed by atoms with van der Waals surface area (Å²) in [6.45, 7) is 28.4. The molecule has 1 atom stereocenters. The van der Waals surface area contributed by atoms with Crippen molar-refractivity contribution < 1.29 is 17.6 Å². The molecule has 0 bridgehead atoms. The highest BCUT2D eigenvalue weighted by atomic mass is 19.2. The van der Waals surface area contributed by atoms with Gasteiger partial charge in [0.1, 0.15) is 0 Å². The van der Waals surface area contributed by atoms with Crippen LogP contribution in [0.5, 0.6) is 0 Å². The van der Waals surface area contributed by atoms with E-state index in [2.05, 4.69) is 53.3 Å². The summed E-state index contributed by atoms with van der Waals surface area (Å²) < 4.78 is 56.7. The summed E-state index contributed by atoms with van der Waals surface area (Å²) in [6.07, 6.45) is 4.10. The average Bonchev–Trinajstić information content (AvgIpc) is 2.71. The van der Waals surface area contributed by atoms with Crippen molar-refractivity contribution in [2.75, 3.05) is 0 Å². The molecule has 0 aliphatic rings. The summed E-state index contributed by atoms with van der Waals surface area (Å²) in [6, 6.07) is 0. The Morgan fingerprint density at radius 1 is 0.667 bits per heavy atom. The van der Waals surface area contributed by atoms with E-state index in [-0.39, 0.29) is 39.4 Å². The van der Waals surface area contributed by atoms with Crippen molar-refractivity contribution in [1.82, 2.24) is 0 Å². The van der Waals surface area contributed by atoms with Crippen LogP contribution in [-0.4, -0.2) is 0 Å². The Bertz CT molecular complexity index is 844. The summed E-state index contributed by atoms with van der Waals surface area (Å²) in [4.78, 5) is 0. The third kappa shape index (κ3) is 8.02. The van der Waals surface area contributed by atoms with E-state index < -0.39 is 23.3 Å². The molecule has 1 unspecified atom stereocenters. The Kier molecular flexibility index (Phi) is 11.1. The van der Waals surface area contributed by atoms with Crippen LogP contribution < -0.4 is 0 Å². The molecule has 0 saturated heterocycles. The lowest BCUT2D eigenvalue weighted by molar-refractivity contribution is 0.468. The Morgan fingerprint density at radius 3 is 1.43 bits per heavy atom. The number of hydrogen-bond acceptors (Lipinski definition) is 0. The normalized spacial score (nSPS) is 14.2. The lowest BCUT2D eigenvalue weighted by Gasteiger charge is -2.16. The highest BCUT2D eigenvalue weighted by molar-refractivity contribution is 5.54. The van der Waals surface area contributed by atoms with Crippen LogP contribution >= 0.6 is 0 Å². The first-order valence-corrected chi connectivity index (χ1v) is 9.63. The van der Waals surface area contributed by atoms with Crippen molar-refractivity contribution in [1.29, 1.82) is 0 Å². The number of rotatable bonds is 12. The van der Waals surface area contributed by atoms with Gasteiger partial charge in [-0.3, -0.25) is 0 Å². The molecule has 0 amide bonds. The molecule has 0 spiro atoms. The SMILES string of the molecule is C=C(/C=C\C(=C)C(=C)/C(F)=C(/F)C(=C)C(C)CCC(C)C)C(=C)/C(F)=C(/F)C(=C)C. The van der Waals surface area contributed by atoms with Crippen LogP contribution in [0.4, 0.5) is 17.6 Å². The minimum atomic E-state index is -1.19. The highest BCUT2D eigenvalue weighted by Crippen LogP contribution is 2.32. The van der Waals surface area contributed by atoms with Crippen LogP contribution in [0.2, 0.25) is 0 Å². The fourth-order valence-corrected chi connectivity index (χ4v) is 2.25. The first-order chi connectivity index (χ1) is 13.7. The lowest BCUT2D eigenvalue weighted by Crippen LogP contribution is -2.03. The van der Waals surface area contributed by atoms with Crippen LogP contribution in [0.3, 0.4) is 0 Å². The molecule has 164 valence electrons. The third-order valence-corrected chi connectivity index (χ3v) is 4.60. The van der Waals surface area contributed by atoms with Gasteiger partial charge in [0.2, 0.25) is 0 Å². The quantitative estimate of drug-likeness (QED) is 0.218. The topological polar surface area (TPSA) is 0 Å². The maximum atomic E-state index is 14.5. The first-order valence-electron chi connectivity index (χ1n) is 9.63. The molecule has 0 aromatic carbocycles. The molecule has 0 fully saturated rings. The summed E-state index contributed by atoms with van der Waals surface area (Å²) in [5.74, 6) is -4.31. The molecule has 0 saturated carbocycles. The Hall–Kier alpha value is -2.62. The molecule has 0 nitrogen and oxygen atoms in total. The van der Waals surface area contributed by atoms with Gasteiger partial charge in [0.05, 0.1) is 0 Å². The molecule has 0 radical (unpaired) electrons. The molecule has 4 heteroatoms. The fourth-order valence-electron chi connectivity index (χ4n) is 2.25. The van der Waals surface area contributed by atoms with Crippen molar-refractivity contribution in [2.45, 2.75) is 40.5 Å². The molecule has 0 heterocycles. The van der Waals surface area contributed by atoms with Gasteiger partial charge in [-0.25, -0.2) is 17.6 Å². The Labute approximate surface area is 178 Å². The van der Waals surface area contributed by atoms with Crippen LogP contribution in [0.25, 0.3) is 0 Å². The zero-order valence-electron chi connectivity index (χ0n) is 18.5. The van der Waals surface area contributed by atoms with Gasteiger partial charge in [0, 0.05) is 11.1 Å². The molecule has 0 rings (SSSR count). The number of halogens is 4. The second-order valence-electron chi connectivity index (χ2n) is 7.77. The van der Waals surface area contributed by atoms with E-state index in [1.807, 2.05) is 0 Å². The van der Waals surface area contributed by atoms with Crippen molar-refractivity contribution in [2.24, 2.45) is 11.8 Å². The van der Waals surface area contributed by atoms with E-state index >= 15 is 0 Å². The Morgan fingerprint density at radius 2 is 1.07 bits per heavy atom. The third-order valence-electron chi connectivity index (χ3n) is 4.60. The van der Waals surface area contributed by atoms with Crippen LogP contribution in [0, 0.1) is 11.8 Å². The fraction of sp³-hybridized carbons (Fsp3) is 0.308. The van der Waals surface area contributed by atoms with E-state index in [1.165, 1.54) is 19.1 Å². The van der Waals surface area contributed by atoms with Crippen LogP contribution in [-0.2, 0) is 0 Å². The minimum absolute atomic E-state index is 0.0365.